The molecule has 1 fully saturated rings. The third kappa shape index (κ3) is 3.23. The maximum Gasteiger partial charge on any atom is 0.395 e. The molecule has 1 aliphatic heterocycles. The Hall–Kier alpha value is -1.07. The van der Waals surface area contributed by atoms with Crippen LogP contribution in [0.3, 0.4) is 0 Å². The fraction of sp³-hybridized carbons (Fsp3) is 0.538. The second-order valence-electron chi connectivity index (χ2n) is 4.72. The van der Waals surface area contributed by atoms with E-state index in [-0.39, 0.29) is 13.0 Å². The molecule has 0 radical (unpaired) electrons. The van der Waals surface area contributed by atoms with E-state index in [1.807, 2.05) is 30.3 Å². The van der Waals surface area contributed by atoms with Crippen molar-refractivity contribution in [1.82, 2.24) is 4.90 Å². The molecule has 5 heteroatoms. The van der Waals surface area contributed by atoms with Gasteiger partial charge in [0.15, 0.2) is 0 Å². The summed E-state index contributed by atoms with van der Waals surface area (Å²) >= 11 is 0. The van der Waals surface area contributed by atoms with Gasteiger partial charge in [0.05, 0.1) is 12.0 Å². The van der Waals surface area contributed by atoms with Crippen molar-refractivity contribution in [2.45, 2.75) is 25.2 Å². The Bertz CT molecular complexity index is 380. The van der Waals surface area contributed by atoms with Crippen molar-refractivity contribution in [1.29, 1.82) is 0 Å². The predicted octanol–water partition coefficient (Wildman–Crippen LogP) is 2.43. The van der Waals surface area contributed by atoms with Gasteiger partial charge in [-0.2, -0.15) is 13.2 Å². The zero-order valence-electron chi connectivity index (χ0n) is 9.90. The molecule has 0 bridgehead atoms. The van der Waals surface area contributed by atoms with Crippen molar-refractivity contribution >= 4 is 0 Å². The van der Waals surface area contributed by atoms with Gasteiger partial charge < -0.3 is 5.11 Å². The van der Waals surface area contributed by atoms with Crippen molar-refractivity contribution in [3.8, 4) is 0 Å². The summed E-state index contributed by atoms with van der Waals surface area (Å²) < 4.78 is 38.2. The topological polar surface area (TPSA) is 23.5 Å². The number of aliphatic hydroxyl groups excluding tert-OH is 1. The molecular weight excluding hydrogens is 243 g/mol. The summed E-state index contributed by atoms with van der Waals surface area (Å²) in [5, 5.41) is 9.44. The number of hydrogen-bond donors (Lipinski definition) is 1. The van der Waals surface area contributed by atoms with E-state index in [0.29, 0.717) is 13.1 Å². The van der Waals surface area contributed by atoms with Gasteiger partial charge in [-0.15, -0.1) is 0 Å². The van der Waals surface area contributed by atoms with E-state index < -0.39 is 18.2 Å². The Kier molecular flexibility index (Phi) is 3.92. The van der Waals surface area contributed by atoms with E-state index in [1.165, 1.54) is 0 Å². The largest absolute Gasteiger partial charge is 0.395 e. The lowest BCUT2D eigenvalue weighted by atomic mass is 9.94. The molecule has 2 atom stereocenters. The third-order valence-corrected chi connectivity index (χ3v) is 3.33. The average molecular weight is 259 g/mol. The van der Waals surface area contributed by atoms with Gasteiger partial charge in [-0.3, -0.25) is 4.90 Å². The molecule has 0 aliphatic carbocycles. The minimum Gasteiger partial charge on any atom is -0.392 e. The average Bonchev–Trinajstić information content (AvgIpc) is 2.31. The molecular formula is C13H16F3NO. The van der Waals surface area contributed by atoms with Gasteiger partial charge in [-0.25, -0.2) is 0 Å². The van der Waals surface area contributed by atoms with Crippen LogP contribution >= 0.6 is 0 Å². The summed E-state index contributed by atoms with van der Waals surface area (Å²) in [7, 11) is 0. The zero-order valence-corrected chi connectivity index (χ0v) is 9.90. The molecule has 0 spiro atoms. The molecule has 1 aliphatic rings. The highest BCUT2D eigenvalue weighted by Gasteiger charge is 2.46. The smallest absolute Gasteiger partial charge is 0.392 e. The number of piperidine rings is 1. The van der Waals surface area contributed by atoms with Gasteiger partial charge in [0, 0.05) is 19.6 Å². The molecule has 2 rings (SSSR count). The van der Waals surface area contributed by atoms with Crippen molar-refractivity contribution in [3.05, 3.63) is 35.9 Å². The minimum atomic E-state index is -4.32. The van der Waals surface area contributed by atoms with Crippen LogP contribution in [0.1, 0.15) is 12.0 Å². The van der Waals surface area contributed by atoms with Gasteiger partial charge in [0.1, 0.15) is 0 Å². The Morgan fingerprint density at radius 2 is 1.89 bits per heavy atom. The maximum atomic E-state index is 12.7. The molecule has 100 valence electrons. The van der Waals surface area contributed by atoms with E-state index in [0.717, 1.165) is 5.56 Å². The van der Waals surface area contributed by atoms with Gasteiger partial charge >= 0.3 is 6.18 Å². The standard InChI is InChI=1S/C13H16F3NO/c14-13(15,16)11-9-17(7-6-12(11)18)8-10-4-2-1-3-5-10/h1-5,11-12,18H,6-9H2/t11-,12+/m0/s1. The second-order valence-corrected chi connectivity index (χ2v) is 4.72. The highest BCUT2D eigenvalue weighted by Crippen LogP contribution is 2.33. The molecule has 1 saturated heterocycles. The van der Waals surface area contributed by atoms with E-state index in [9.17, 15) is 18.3 Å². The number of benzene rings is 1. The fourth-order valence-corrected chi connectivity index (χ4v) is 2.31. The second kappa shape index (κ2) is 5.28. The van der Waals surface area contributed by atoms with Gasteiger partial charge in [-0.1, -0.05) is 30.3 Å². The van der Waals surface area contributed by atoms with Crippen LogP contribution in [-0.4, -0.2) is 35.4 Å². The molecule has 0 amide bonds. The fourth-order valence-electron chi connectivity index (χ4n) is 2.31. The van der Waals surface area contributed by atoms with Crippen molar-refractivity contribution in [2.75, 3.05) is 13.1 Å². The first-order valence-electron chi connectivity index (χ1n) is 5.98. The van der Waals surface area contributed by atoms with Crippen LogP contribution in [0.4, 0.5) is 13.2 Å². The molecule has 2 nitrogen and oxygen atoms in total. The van der Waals surface area contributed by atoms with Crippen molar-refractivity contribution in [3.63, 3.8) is 0 Å². The first kappa shape index (κ1) is 13.4. The van der Waals surface area contributed by atoms with Gasteiger partial charge in [0.25, 0.3) is 0 Å². The van der Waals surface area contributed by atoms with Crippen LogP contribution in [0.2, 0.25) is 0 Å². The SMILES string of the molecule is O[C@@H]1CCN(Cc2ccccc2)C[C@@H]1C(F)(F)F. The van der Waals surface area contributed by atoms with Crippen molar-refractivity contribution in [2.24, 2.45) is 5.92 Å². The molecule has 1 heterocycles. The Labute approximate surface area is 104 Å². The van der Waals surface area contributed by atoms with Crippen LogP contribution in [0.5, 0.6) is 0 Å². The van der Waals surface area contributed by atoms with E-state index in [4.69, 9.17) is 0 Å². The Morgan fingerprint density at radius 3 is 2.50 bits per heavy atom. The van der Waals surface area contributed by atoms with E-state index in [1.54, 1.807) is 4.90 Å². The number of rotatable bonds is 2. The number of alkyl halides is 3. The first-order chi connectivity index (χ1) is 8.47. The highest BCUT2D eigenvalue weighted by atomic mass is 19.4. The lowest BCUT2D eigenvalue weighted by Crippen LogP contribution is -2.48. The Morgan fingerprint density at radius 1 is 1.22 bits per heavy atom. The van der Waals surface area contributed by atoms with E-state index >= 15 is 0 Å². The summed E-state index contributed by atoms with van der Waals surface area (Å²) in [6, 6.07) is 9.41. The summed E-state index contributed by atoms with van der Waals surface area (Å²) in [5.74, 6) is -1.63. The maximum absolute atomic E-state index is 12.7. The summed E-state index contributed by atoms with van der Waals surface area (Å²) in [4.78, 5) is 1.75. The van der Waals surface area contributed by atoms with Crippen molar-refractivity contribution < 1.29 is 18.3 Å². The summed E-state index contributed by atoms with van der Waals surface area (Å²) in [6.07, 6.45) is -5.41. The number of likely N-dealkylation sites (tertiary alicyclic amines) is 1. The quantitative estimate of drug-likeness (QED) is 0.881. The number of halogens is 3. The van der Waals surface area contributed by atoms with Gasteiger partial charge in [0.2, 0.25) is 0 Å². The third-order valence-electron chi connectivity index (χ3n) is 3.33. The monoisotopic (exact) mass is 259 g/mol. The van der Waals surface area contributed by atoms with Gasteiger partial charge in [-0.05, 0) is 12.0 Å². The highest BCUT2D eigenvalue weighted by molar-refractivity contribution is 5.14. The van der Waals surface area contributed by atoms with Crippen LogP contribution in [0.15, 0.2) is 30.3 Å². The molecule has 18 heavy (non-hydrogen) atoms. The summed E-state index contributed by atoms with van der Waals surface area (Å²) in [5.41, 5.74) is 0.995. The summed E-state index contributed by atoms with van der Waals surface area (Å²) in [6.45, 7) is 0.877. The molecule has 1 aromatic rings. The first-order valence-corrected chi connectivity index (χ1v) is 5.98. The van der Waals surface area contributed by atoms with Crippen LogP contribution in [-0.2, 0) is 6.54 Å². The molecule has 0 aromatic heterocycles. The molecule has 1 aromatic carbocycles. The lowest BCUT2D eigenvalue weighted by molar-refractivity contribution is -0.214. The van der Waals surface area contributed by atoms with Crippen LogP contribution in [0.25, 0.3) is 0 Å². The predicted molar refractivity (Wildman–Crippen MR) is 61.9 cm³/mol. The van der Waals surface area contributed by atoms with E-state index in [2.05, 4.69) is 0 Å². The number of hydrogen-bond acceptors (Lipinski definition) is 2. The number of nitrogens with zero attached hydrogens (tertiary/aromatic N) is 1. The zero-order chi connectivity index (χ0) is 13.2. The molecule has 1 N–H and O–H groups in total. The lowest BCUT2D eigenvalue weighted by Gasteiger charge is -2.37. The molecule has 0 unspecified atom stereocenters. The normalized spacial score (nSPS) is 26.2. The number of aliphatic hydroxyl groups is 1. The Balaban J connectivity index is 2.00. The minimum absolute atomic E-state index is 0.125. The molecule has 0 saturated carbocycles. The van der Waals surface area contributed by atoms with Crippen LogP contribution in [0, 0.1) is 5.92 Å². The van der Waals surface area contributed by atoms with Crippen LogP contribution < -0.4 is 0 Å².